The normalized spacial score (nSPS) is 8.14. The fourth-order valence-electron chi connectivity index (χ4n) is 0.174. The lowest BCUT2D eigenvalue weighted by Gasteiger charge is -1.97. The van der Waals surface area contributed by atoms with Crippen LogP contribution >= 0.6 is 12.2 Å². The second-order valence-electron chi connectivity index (χ2n) is 1.27. The molecule has 0 aromatic rings. The minimum absolute atomic E-state index is 0.548. The van der Waals surface area contributed by atoms with Crippen LogP contribution in [0.3, 0.4) is 0 Å². The topological polar surface area (TPSA) is 9.23 Å². The van der Waals surface area contributed by atoms with Crippen LogP contribution in [0.5, 0.6) is 0 Å². The molecule has 0 unspecified atom stereocenters. The standard InChI is InChI=1S/C4H8OSSi/c1-3(2)4(6)5-7/h1H2,2,7H3. The van der Waals surface area contributed by atoms with Gasteiger partial charge in [0.25, 0.3) is 0 Å². The molecular weight excluding hydrogens is 124 g/mol. The van der Waals surface area contributed by atoms with Crippen LogP contribution in [0, 0.1) is 0 Å². The fourth-order valence-corrected chi connectivity index (χ4v) is 0.523. The van der Waals surface area contributed by atoms with Gasteiger partial charge in [-0.25, -0.2) is 0 Å². The summed E-state index contributed by atoms with van der Waals surface area (Å²) in [7, 11) is 0.669. The quantitative estimate of drug-likeness (QED) is 0.286. The van der Waals surface area contributed by atoms with Gasteiger partial charge in [0, 0.05) is 0 Å². The van der Waals surface area contributed by atoms with Crippen molar-refractivity contribution in [3.05, 3.63) is 12.2 Å². The Labute approximate surface area is 51.9 Å². The van der Waals surface area contributed by atoms with Crippen LogP contribution in [0.4, 0.5) is 0 Å². The van der Waals surface area contributed by atoms with Crippen molar-refractivity contribution in [2.24, 2.45) is 0 Å². The Morgan fingerprint density at radius 3 is 2.29 bits per heavy atom. The Hall–Kier alpha value is -0.153. The molecular formula is C4H8OSSi. The summed E-state index contributed by atoms with van der Waals surface area (Å²) in [5.41, 5.74) is 0.838. The van der Waals surface area contributed by atoms with Gasteiger partial charge in [-0.1, -0.05) is 6.58 Å². The zero-order chi connectivity index (χ0) is 5.86. The molecule has 0 amide bonds. The number of hydrogen-bond donors (Lipinski definition) is 0. The first-order chi connectivity index (χ1) is 3.18. The molecule has 0 spiro atoms. The second kappa shape index (κ2) is 2.93. The number of rotatable bonds is 1. The molecule has 0 fully saturated rings. The maximum absolute atomic E-state index is 4.78. The first kappa shape index (κ1) is 6.85. The molecule has 40 valence electrons. The Balaban J connectivity index is 3.58. The Morgan fingerprint density at radius 2 is 2.29 bits per heavy atom. The third-order valence-corrected chi connectivity index (χ3v) is 1.75. The van der Waals surface area contributed by atoms with E-state index in [0.29, 0.717) is 15.5 Å². The van der Waals surface area contributed by atoms with E-state index in [1.54, 1.807) is 0 Å². The molecule has 0 aliphatic heterocycles. The van der Waals surface area contributed by atoms with Crippen molar-refractivity contribution in [2.45, 2.75) is 6.92 Å². The van der Waals surface area contributed by atoms with Crippen molar-refractivity contribution in [2.75, 3.05) is 0 Å². The van der Waals surface area contributed by atoms with Crippen LogP contribution in [0.15, 0.2) is 12.2 Å². The zero-order valence-corrected chi connectivity index (χ0v) is 7.34. The van der Waals surface area contributed by atoms with Gasteiger partial charge in [0.15, 0.2) is 5.05 Å². The van der Waals surface area contributed by atoms with Gasteiger partial charge in [-0.15, -0.1) is 0 Å². The van der Waals surface area contributed by atoms with Crippen molar-refractivity contribution in [1.82, 2.24) is 0 Å². The molecule has 0 saturated carbocycles. The van der Waals surface area contributed by atoms with Crippen molar-refractivity contribution < 1.29 is 4.43 Å². The summed E-state index contributed by atoms with van der Waals surface area (Å²) in [6, 6.07) is 0. The minimum atomic E-state index is 0.548. The molecule has 0 radical (unpaired) electrons. The van der Waals surface area contributed by atoms with E-state index in [4.69, 9.17) is 16.6 Å². The highest BCUT2D eigenvalue weighted by molar-refractivity contribution is 7.80. The van der Waals surface area contributed by atoms with E-state index in [0.717, 1.165) is 5.57 Å². The highest BCUT2D eigenvalue weighted by Gasteiger charge is 1.88. The molecule has 0 saturated heterocycles. The van der Waals surface area contributed by atoms with E-state index in [1.165, 1.54) is 0 Å². The van der Waals surface area contributed by atoms with E-state index < -0.39 is 0 Å². The smallest absolute Gasteiger partial charge is 0.205 e. The highest BCUT2D eigenvalue weighted by atomic mass is 32.1. The lowest BCUT2D eigenvalue weighted by Crippen LogP contribution is -1.97. The summed E-state index contributed by atoms with van der Waals surface area (Å²) in [4.78, 5) is 0. The van der Waals surface area contributed by atoms with Crippen molar-refractivity contribution in [3.8, 4) is 0 Å². The van der Waals surface area contributed by atoms with Gasteiger partial charge in [0.05, 0.1) is 0 Å². The molecule has 0 N–H and O–H groups in total. The Kier molecular flexibility index (Phi) is 2.87. The maximum Gasteiger partial charge on any atom is 0.205 e. The van der Waals surface area contributed by atoms with E-state index in [9.17, 15) is 0 Å². The number of thiocarbonyl (C=S) groups is 1. The van der Waals surface area contributed by atoms with Crippen LogP contribution < -0.4 is 0 Å². The largest absolute Gasteiger partial charge is 0.546 e. The lowest BCUT2D eigenvalue weighted by atomic mass is 10.4. The van der Waals surface area contributed by atoms with Gasteiger partial charge < -0.3 is 4.43 Å². The maximum atomic E-state index is 4.78. The minimum Gasteiger partial charge on any atom is -0.546 e. The van der Waals surface area contributed by atoms with E-state index >= 15 is 0 Å². The van der Waals surface area contributed by atoms with Crippen molar-refractivity contribution >= 4 is 27.8 Å². The third kappa shape index (κ3) is 2.53. The predicted molar refractivity (Wildman–Crippen MR) is 38.4 cm³/mol. The average molecular weight is 132 g/mol. The van der Waals surface area contributed by atoms with Crippen molar-refractivity contribution in [1.29, 1.82) is 0 Å². The van der Waals surface area contributed by atoms with Gasteiger partial charge in [0.1, 0.15) is 0 Å². The first-order valence-corrected chi connectivity index (χ1v) is 3.14. The lowest BCUT2D eigenvalue weighted by molar-refractivity contribution is 0.630. The van der Waals surface area contributed by atoms with Gasteiger partial charge in [-0.3, -0.25) is 0 Å². The van der Waals surface area contributed by atoms with E-state index in [1.807, 2.05) is 6.92 Å². The molecule has 0 bridgehead atoms. The van der Waals surface area contributed by atoms with E-state index in [2.05, 4.69) is 6.58 Å². The van der Waals surface area contributed by atoms with Gasteiger partial charge in [-0.05, 0) is 24.7 Å². The molecule has 0 aromatic carbocycles. The second-order valence-corrected chi connectivity index (χ2v) is 2.05. The summed E-state index contributed by atoms with van der Waals surface area (Å²) in [6.07, 6.45) is 0. The average Bonchev–Trinajstić information content (AvgIpc) is 1.65. The Bertz CT molecular complexity index is 99.9. The Morgan fingerprint density at radius 1 is 1.86 bits per heavy atom. The van der Waals surface area contributed by atoms with Crippen LogP contribution in [-0.2, 0) is 4.43 Å². The van der Waals surface area contributed by atoms with Gasteiger partial charge in [-0.2, -0.15) is 0 Å². The summed E-state index contributed by atoms with van der Waals surface area (Å²) in [5, 5.41) is 0.548. The fraction of sp³-hybridized carbons (Fsp3) is 0.250. The molecule has 0 aliphatic rings. The summed E-state index contributed by atoms with van der Waals surface area (Å²) in [6.45, 7) is 5.42. The monoisotopic (exact) mass is 132 g/mol. The molecule has 7 heavy (non-hydrogen) atoms. The number of hydrogen-bond acceptors (Lipinski definition) is 2. The third-order valence-electron chi connectivity index (χ3n) is 0.534. The first-order valence-electron chi connectivity index (χ1n) is 1.92. The van der Waals surface area contributed by atoms with Crippen LogP contribution in [-0.4, -0.2) is 15.5 Å². The highest BCUT2D eigenvalue weighted by Crippen LogP contribution is 1.90. The zero-order valence-electron chi connectivity index (χ0n) is 4.52. The molecule has 0 aromatic heterocycles. The predicted octanol–water partition coefficient (Wildman–Crippen LogP) is 0.187. The van der Waals surface area contributed by atoms with Crippen LogP contribution in [0.25, 0.3) is 0 Å². The SMILES string of the molecule is C=C(C)C(=S)O[SiH3]. The summed E-state index contributed by atoms with van der Waals surface area (Å²) in [5.74, 6) is 0. The van der Waals surface area contributed by atoms with Crippen LogP contribution in [0.2, 0.25) is 0 Å². The molecule has 0 atom stereocenters. The summed E-state index contributed by atoms with van der Waals surface area (Å²) < 4.78 is 4.78. The molecule has 1 nitrogen and oxygen atoms in total. The summed E-state index contributed by atoms with van der Waals surface area (Å²) >= 11 is 4.69. The van der Waals surface area contributed by atoms with Crippen molar-refractivity contribution in [3.63, 3.8) is 0 Å². The van der Waals surface area contributed by atoms with E-state index in [-0.39, 0.29) is 0 Å². The van der Waals surface area contributed by atoms with Crippen LogP contribution in [0.1, 0.15) is 6.92 Å². The molecule has 3 heteroatoms. The molecule has 0 heterocycles. The molecule has 0 rings (SSSR count). The van der Waals surface area contributed by atoms with Gasteiger partial charge in [0.2, 0.25) is 10.5 Å². The molecule has 0 aliphatic carbocycles. The van der Waals surface area contributed by atoms with Gasteiger partial charge >= 0.3 is 0 Å².